The fraction of sp³-hybridized carbons (Fsp3) is 0.154. The van der Waals surface area contributed by atoms with Crippen LogP contribution in [0.4, 0.5) is 4.39 Å². The lowest BCUT2D eigenvalue weighted by Gasteiger charge is -2.02. The van der Waals surface area contributed by atoms with Crippen molar-refractivity contribution in [2.45, 2.75) is 6.92 Å². The quantitative estimate of drug-likeness (QED) is 0.664. The van der Waals surface area contributed by atoms with Gasteiger partial charge in [0.05, 0.1) is 21.4 Å². The molecular formula is C13H11BrClFN4O. The Kier molecular flexibility index (Phi) is 4.74. The molecule has 1 amide bonds. The van der Waals surface area contributed by atoms with E-state index in [1.54, 1.807) is 14.0 Å². The molecule has 1 aromatic carbocycles. The number of rotatable bonds is 3. The molecule has 1 N–H and O–H groups in total. The molecule has 0 spiro atoms. The summed E-state index contributed by atoms with van der Waals surface area (Å²) in [4.78, 5) is 12.0. The number of benzene rings is 1. The fourth-order valence-electron chi connectivity index (χ4n) is 1.72. The Balaban J connectivity index is 2.16. The monoisotopic (exact) mass is 372 g/mol. The second-order valence-corrected chi connectivity index (χ2v) is 5.41. The summed E-state index contributed by atoms with van der Waals surface area (Å²) in [6.07, 6.45) is 1.16. The van der Waals surface area contributed by atoms with Gasteiger partial charge in [-0.2, -0.15) is 10.2 Å². The second-order valence-electron chi connectivity index (χ2n) is 4.21. The van der Waals surface area contributed by atoms with Crippen LogP contribution in [0, 0.1) is 12.7 Å². The van der Waals surface area contributed by atoms with Crippen molar-refractivity contribution < 1.29 is 9.18 Å². The van der Waals surface area contributed by atoms with E-state index in [0.717, 1.165) is 6.21 Å². The number of aryl methyl sites for hydroxylation is 2. The van der Waals surface area contributed by atoms with Gasteiger partial charge in [0.2, 0.25) is 0 Å². The smallest absolute Gasteiger partial charge is 0.266 e. The Morgan fingerprint density at radius 3 is 2.86 bits per heavy atom. The van der Waals surface area contributed by atoms with Crippen molar-refractivity contribution in [1.82, 2.24) is 15.2 Å². The fourth-order valence-corrected chi connectivity index (χ4v) is 2.45. The lowest BCUT2D eigenvalue weighted by molar-refractivity contribution is 0.0945. The first-order valence-electron chi connectivity index (χ1n) is 5.88. The van der Waals surface area contributed by atoms with E-state index < -0.39 is 11.7 Å². The molecule has 0 bridgehead atoms. The summed E-state index contributed by atoms with van der Waals surface area (Å²) in [6.45, 7) is 1.77. The van der Waals surface area contributed by atoms with Gasteiger partial charge in [-0.05, 0) is 35.0 Å². The molecular weight excluding hydrogens is 363 g/mol. The van der Waals surface area contributed by atoms with Gasteiger partial charge in [-0.15, -0.1) is 0 Å². The molecule has 0 aliphatic carbocycles. The van der Waals surface area contributed by atoms with E-state index in [9.17, 15) is 9.18 Å². The van der Waals surface area contributed by atoms with Crippen LogP contribution in [-0.2, 0) is 7.05 Å². The van der Waals surface area contributed by atoms with Crippen molar-refractivity contribution in [3.05, 3.63) is 50.5 Å². The molecule has 110 valence electrons. The molecule has 5 nitrogen and oxygen atoms in total. The maximum Gasteiger partial charge on any atom is 0.290 e. The zero-order valence-corrected chi connectivity index (χ0v) is 13.5. The highest BCUT2D eigenvalue weighted by Gasteiger charge is 2.17. The molecule has 0 aliphatic rings. The largest absolute Gasteiger partial charge is 0.290 e. The summed E-state index contributed by atoms with van der Waals surface area (Å²) in [5.74, 6) is -0.980. The number of halogens is 3. The van der Waals surface area contributed by atoms with Gasteiger partial charge < -0.3 is 0 Å². The average molecular weight is 374 g/mol. The van der Waals surface area contributed by atoms with Crippen LogP contribution < -0.4 is 5.43 Å². The number of hydrazone groups is 1. The van der Waals surface area contributed by atoms with Gasteiger partial charge in [-0.3, -0.25) is 9.48 Å². The topological polar surface area (TPSA) is 59.3 Å². The van der Waals surface area contributed by atoms with Crippen LogP contribution in [0.25, 0.3) is 0 Å². The molecule has 0 aliphatic heterocycles. The Hall–Kier alpha value is -1.73. The third-order valence-corrected chi connectivity index (χ3v) is 4.00. The predicted molar refractivity (Wildman–Crippen MR) is 82.1 cm³/mol. The zero-order valence-electron chi connectivity index (χ0n) is 11.2. The van der Waals surface area contributed by atoms with E-state index >= 15 is 0 Å². The van der Waals surface area contributed by atoms with Gasteiger partial charge >= 0.3 is 0 Å². The molecule has 0 unspecified atom stereocenters. The molecule has 1 aromatic heterocycles. The van der Waals surface area contributed by atoms with Gasteiger partial charge in [-0.25, -0.2) is 9.82 Å². The number of carbonyl (C=O) groups is 1. The molecule has 0 atom stereocenters. The minimum atomic E-state index is -0.516. The highest BCUT2D eigenvalue weighted by atomic mass is 79.9. The number of nitrogens with one attached hydrogen (secondary N) is 1. The lowest BCUT2D eigenvalue weighted by atomic mass is 10.2. The van der Waals surface area contributed by atoms with E-state index in [4.69, 9.17) is 11.6 Å². The third-order valence-electron chi connectivity index (χ3n) is 2.72. The summed E-state index contributed by atoms with van der Waals surface area (Å²) in [7, 11) is 1.64. The summed E-state index contributed by atoms with van der Waals surface area (Å²) in [6, 6.07) is 4.29. The minimum absolute atomic E-state index is 0.111. The van der Waals surface area contributed by atoms with Crippen LogP contribution in [0.15, 0.2) is 27.8 Å². The van der Waals surface area contributed by atoms with Gasteiger partial charge in [0.25, 0.3) is 5.91 Å². The lowest BCUT2D eigenvalue weighted by Crippen LogP contribution is -2.21. The standard InChI is InChI=1S/C13H11BrClFN4O/c1-7-11(14)12(20(2)19-7)13(21)18-17-6-8-9(15)4-3-5-10(8)16/h3-6H,1-2H3,(H,18,21)/b17-6+. The molecule has 8 heteroatoms. The number of nitrogens with zero attached hydrogens (tertiary/aromatic N) is 3. The van der Waals surface area contributed by atoms with Crippen LogP contribution in [-0.4, -0.2) is 21.9 Å². The molecule has 2 aromatic rings. The van der Waals surface area contributed by atoms with Gasteiger partial charge in [0.15, 0.2) is 0 Å². The molecule has 21 heavy (non-hydrogen) atoms. The highest BCUT2D eigenvalue weighted by molar-refractivity contribution is 9.10. The van der Waals surface area contributed by atoms with Crippen molar-refractivity contribution in [3.63, 3.8) is 0 Å². The Bertz CT molecular complexity index is 709. The van der Waals surface area contributed by atoms with E-state index in [1.807, 2.05) is 0 Å². The summed E-state index contributed by atoms with van der Waals surface area (Å²) < 4.78 is 15.5. The third kappa shape index (κ3) is 3.30. The maximum absolute atomic E-state index is 13.5. The van der Waals surface area contributed by atoms with Gasteiger partial charge in [0.1, 0.15) is 11.5 Å². The minimum Gasteiger partial charge on any atom is -0.266 e. The summed E-state index contributed by atoms with van der Waals surface area (Å²) in [5, 5.41) is 8.04. The number of amides is 1. The van der Waals surface area contributed by atoms with Crippen LogP contribution >= 0.6 is 27.5 Å². The Labute approximate surface area is 133 Å². The predicted octanol–water partition coefficient (Wildman–Crippen LogP) is 3.05. The first kappa shape index (κ1) is 15.7. The number of hydrogen-bond acceptors (Lipinski definition) is 3. The van der Waals surface area contributed by atoms with Gasteiger partial charge in [-0.1, -0.05) is 17.7 Å². The average Bonchev–Trinajstić information content (AvgIpc) is 2.66. The maximum atomic E-state index is 13.5. The van der Waals surface area contributed by atoms with Gasteiger partial charge in [0, 0.05) is 12.6 Å². The summed E-state index contributed by atoms with van der Waals surface area (Å²) >= 11 is 9.13. The number of hydrogen-bond donors (Lipinski definition) is 1. The molecule has 0 radical (unpaired) electrons. The summed E-state index contributed by atoms with van der Waals surface area (Å²) in [5.41, 5.74) is 3.43. The van der Waals surface area contributed by atoms with Crippen molar-refractivity contribution in [3.8, 4) is 0 Å². The molecule has 2 rings (SSSR count). The van der Waals surface area contributed by atoms with E-state index in [1.165, 1.54) is 22.9 Å². The number of carbonyl (C=O) groups excluding carboxylic acids is 1. The van der Waals surface area contributed by atoms with E-state index in [2.05, 4.69) is 31.6 Å². The molecule has 0 fully saturated rings. The van der Waals surface area contributed by atoms with Crippen molar-refractivity contribution >= 4 is 39.7 Å². The Morgan fingerprint density at radius 1 is 1.57 bits per heavy atom. The Morgan fingerprint density at radius 2 is 2.29 bits per heavy atom. The number of aromatic nitrogens is 2. The SMILES string of the molecule is Cc1nn(C)c(C(=O)N/N=C/c2c(F)cccc2Cl)c1Br. The van der Waals surface area contributed by atoms with Crippen molar-refractivity contribution in [1.29, 1.82) is 0 Å². The van der Waals surface area contributed by atoms with Crippen LogP contribution in [0.2, 0.25) is 5.02 Å². The molecule has 0 saturated carbocycles. The van der Waals surface area contributed by atoms with Crippen LogP contribution in [0.3, 0.4) is 0 Å². The van der Waals surface area contributed by atoms with Crippen molar-refractivity contribution in [2.24, 2.45) is 12.1 Å². The zero-order chi connectivity index (χ0) is 15.6. The first-order chi connectivity index (χ1) is 9.91. The van der Waals surface area contributed by atoms with Crippen LogP contribution in [0.1, 0.15) is 21.7 Å². The van der Waals surface area contributed by atoms with Crippen LogP contribution in [0.5, 0.6) is 0 Å². The first-order valence-corrected chi connectivity index (χ1v) is 7.05. The van der Waals surface area contributed by atoms with E-state index in [-0.39, 0.29) is 10.6 Å². The molecule has 0 saturated heterocycles. The highest BCUT2D eigenvalue weighted by Crippen LogP contribution is 2.20. The van der Waals surface area contributed by atoms with E-state index in [0.29, 0.717) is 15.9 Å². The second kappa shape index (κ2) is 6.36. The molecule has 1 heterocycles. The normalized spacial score (nSPS) is 11.1. The van der Waals surface area contributed by atoms with Crippen molar-refractivity contribution in [2.75, 3.05) is 0 Å².